The van der Waals surface area contributed by atoms with Crippen molar-refractivity contribution in [3.05, 3.63) is 35.7 Å². The average molecular weight is 446 g/mol. The smallest absolute Gasteiger partial charge is 0.325 e. The Morgan fingerprint density at radius 3 is 2.83 bits per heavy atom. The van der Waals surface area contributed by atoms with Crippen LogP contribution in [0.25, 0.3) is 10.7 Å². The highest BCUT2D eigenvalue weighted by Crippen LogP contribution is 2.32. The normalized spacial score (nSPS) is 12.4. The zero-order valence-corrected chi connectivity index (χ0v) is 17.7. The minimum absolute atomic E-state index is 0.167. The highest BCUT2D eigenvalue weighted by molar-refractivity contribution is 7.99. The number of thiophene rings is 1. The third kappa shape index (κ3) is 4.74. The molecule has 0 unspecified atom stereocenters. The number of nitrogens with zero attached hydrogens (tertiary/aromatic N) is 3. The standard InChI is InChI=1S/C19H19N5O4S2/c1-24-17(15-3-2-9-29-15)22-23-19(24)30-10-6-16(25)21-18(26)20-12-4-5-13-14(11-12)28-8-7-27-13/h2-5,9,11H,6-8,10H2,1H3,(H2,20,21,25,26). The van der Waals surface area contributed by atoms with E-state index in [9.17, 15) is 9.59 Å². The van der Waals surface area contributed by atoms with Crippen LogP contribution in [0.15, 0.2) is 40.9 Å². The van der Waals surface area contributed by atoms with Gasteiger partial charge in [0.2, 0.25) is 5.91 Å². The minimum atomic E-state index is -0.597. The van der Waals surface area contributed by atoms with Gasteiger partial charge in [-0.15, -0.1) is 21.5 Å². The highest BCUT2D eigenvalue weighted by Gasteiger charge is 2.15. The number of ether oxygens (including phenoxy) is 2. The SMILES string of the molecule is Cn1c(SCCC(=O)NC(=O)Nc2ccc3c(c2)OCCO3)nnc1-c1cccs1. The molecule has 1 aliphatic heterocycles. The van der Waals surface area contributed by atoms with Crippen molar-refractivity contribution in [2.75, 3.05) is 24.3 Å². The van der Waals surface area contributed by atoms with Crippen LogP contribution < -0.4 is 20.1 Å². The number of hydrogen-bond donors (Lipinski definition) is 2. The molecule has 1 aromatic carbocycles. The third-order valence-electron chi connectivity index (χ3n) is 4.19. The van der Waals surface area contributed by atoms with Gasteiger partial charge >= 0.3 is 6.03 Å². The molecule has 3 aromatic rings. The lowest BCUT2D eigenvalue weighted by molar-refractivity contribution is -0.119. The van der Waals surface area contributed by atoms with E-state index in [1.54, 1.807) is 29.5 Å². The molecule has 3 heterocycles. The van der Waals surface area contributed by atoms with Gasteiger partial charge in [-0.3, -0.25) is 10.1 Å². The maximum atomic E-state index is 12.1. The summed E-state index contributed by atoms with van der Waals surface area (Å²) in [7, 11) is 1.89. The first kappa shape index (κ1) is 20.2. The van der Waals surface area contributed by atoms with Crippen molar-refractivity contribution < 1.29 is 19.1 Å². The van der Waals surface area contributed by atoms with E-state index in [-0.39, 0.29) is 12.3 Å². The summed E-state index contributed by atoms with van der Waals surface area (Å²) in [6.07, 6.45) is 0.167. The number of carbonyl (C=O) groups is 2. The molecule has 0 fully saturated rings. The molecule has 156 valence electrons. The molecular weight excluding hydrogens is 426 g/mol. The first-order chi connectivity index (χ1) is 14.6. The summed E-state index contributed by atoms with van der Waals surface area (Å²) >= 11 is 3.00. The van der Waals surface area contributed by atoms with Crippen LogP contribution in [0.4, 0.5) is 10.5 Å². The molecule has 30 heavy (non-hydrogen) atoms. The van der Waals surface area contributed by atoms with E-state index in [1.165, 1.54) is 11.8 Å². The number of hydrogen-bond acceptors (Lipinski definition) is 8. The van der Waals surface area contributed by atoms with Gasteiger partial charge in [-0.25, -0.2) is 4.79 Å². The van der Waals surface area contributed by atoms with Gasteiger partial charge in [0.25, 0.3) is 0 Å². The van der Waals surface area contributed by atoms with Crippen LogP contribution in [0.5, 0.6) is 11.5 Å². The van der Waals surface area contributed by atoms with Crippen molar-refractivity contribution in [2.45, 2.75) is 11.6 Å². The van der Waals surface area contributed by atoms with Crippen molar-refractivity contribution >= 4 is 40.7 Å². The number of rotatable bonds is 6. The number of anilines is 1. The molecule has 3 amide bonds. The van der Waals surface area contributed by atoms with E-state index in [1.807, 2.05) is 29.1 Å². The third-order valence-corrected chi connectivity index (χ3v) is 6.08. The zero-order chi connectivity index (χ0) is 20.9. The largest absolute Gasteiger partial charge is 0.486 e. The molecule has 1 aliphatic rings. The molecule has 9 nitrogen and oxygen atoms in total. The van der Waals surface area contributed by atoms with Gasteiger partial charge in [-0.2, -0.15) is 0 Å². The molecule has 0 spiro atoms. The first-order valence-corrected chi connectivity index (χ1v) is 11.0. The Morgan fingerprint density at radius 1 is 1.20 bits per heavy atom. The summed E-state index contributed by atoms with van der Waals surface area (Å²) in [5, 5.41) is 16.0. The number of nitrogens with one attached hydrogen (secondary N) is 2. The predicted molar refractivity (Wildman–Crippen MR) is 114 cm³/mol. The number of benzene rings is 1. The van der Waals surface area contributed by atoms with E-state index in [0.717, 1.165) is 10.7 Å². The number of fused-ring (bicyclic) bond motifs is 1. The maximum Gasteiger partial charge on any atom is 0.325 e. The molecule has 11 heteroatoms. The Labute approximate surface area is 180 Å². The number of aromatic nitrogens is 3. The van der Waals surface area contributed by atoms with Gasteiger partial charge in [0.1, 0.15) is 13.2 Å². The molecule has 0 radical (unpaired) electrons. The van der Waals surface area contributed by atoms with E-state index in [2.05, 4.69) is 20.8 Å². The van der Waals surface area contributed by atoms with Crippen LogP contribution in [0.3, 0.4) is 0 Å². The fourth-order valence-corrected chi connectivity index (χ4v) is 4.36. The molecule has 2 N–H and O–H groups in total. The molecule has 0 saturated heterocycles. The Kier molecular flexibility index (Phi) is 6.19. The lowest BCUT2D eigenvalue weighted by Crippen LogP contribution is -2.34. The summed E-state index contributed by atoms with van der Waals surface area (Å²) in [6.45, 7) is 0.954. The molecule has 2 aromatic heterocycles. The number of carbonyl (C=O) groups excluding carboxylic acids is 2. The number of urea groups is 1. The Morgan fingerprint density at radius 2 is 2.03 bits per heavy atom. The number of amides is 3. The highest BCUT2D eigenvalue weighted by atomic mass is 32.2. The number of imide groups is 1. The van der Waals surface area contributed by atoms with Crippen molar-refractivity contribution in [2.24, 2.45) is 7.05 Å². The van der Waals surface area contributed by atoms with Crippen LogP contribution in [0.2, 0.25) is 0 Å². The van der Waals surface area contributed by atoms with Gasteiger partial charge in [0, 0.05) is 31.0 Å². The topological polar surface area (TPSA) is 107 Å². The molecular formula is C19H19N5O4S2. The van der Waals surface area contributed by atoms with E-state index in [4.69, 9.17) is 9.47 Å². The predicted octanol–water partition coefficient (Wildman–Crippen LogP) is 3.15. The summed E-state index contributed by atoms with van der Waals surface area (Å²) in [6, 6.07) is 8.41. The Bertz CT molecular complexity index is 1050. The fraction of sp³-hybridized carbons (Fsp3) is 0.263. The van der Waals surface area contributed by atoms with Crippen LogP contribution >= 0.6 is 23.1 Å². The first-order valence-electron chi connectivity index (χ1n) is 9.17. The van der Waals surface area contributed by atoms with E-state index >= 15 is 0 Å². The second-order valence-corrected chi connectivity index (χ2v) is 8.31. The second-order valence-electron chi connectivity index (χ2n) is 6.30. The molecule has 0 atom stereocenters. The van der Waals surface area contributed by atoms with E-state index < -0.39 is 6.03 Å². The molecule has 4 rings (SSSR count). The van der Waals surface area contributed by atoms with Gasteiger partial charge in [0.05, 0.1) is 4.88 Å². The quantitative estimate of drug-likeness (QED) is 0.561. The monoisotopic (exact) mass is 445 g/mol. The van der Waals surface area contributed by atoms with Gasteiger partial charge in [-0.05, 0) is 23.6 Å². The maximum absolute atomic E-state index is 12.1. The van der Waals surface area contributed by atoms with Crippen LogP contribution in [-0.4, -0.2) is 45.7 Å². The molecule has 0 bridgehead atoms. The number of thioether (sulfide) groups is 1. The Balaban J connectivity index is 1.24. The van der Waals surface area contributed by atoms with E-state index in [0.29, 0.717) is 41.3 Å². The minimum Gasteiger partial charge on any atom is -0.486 e. The lowest BCUT2D eigenvalue weighted by Gasteiger charge is -2.19. The Hall–Kier alpha value is -3.05. The van der Waals surface area contributed by atoms with Crippen LogP contribution in [-0.2, 0) is 11.8 Å². The van der Waals surface area contributed by atoms with Gasteiger partial charge in [-0.1, -0.05) is 17.8 Å². The molecule has 0 saturated carbocycles. The summed E-state index contributed by atoms with van der Waals surface area (Å²) < 4.78 is 12.8. The summed E-state index contributed by atoms with van der Waals surface area (Å²) in [5.41, 5.74) is 0.513. The van der Waals surface area contributed by atoms with Crippen molar-refractivity contribution in [1.82, 2.24) is 20.1 Å². The fourth-order valence-electron chi connectivity index (χ4n) is 2.77. The van der Waals surface area contributed by atoms with Gasteiger partial charge in [0.15, 0.2) is 22.5 Å². The van der Waals surface area contributed by atoms with Crippen molar-refractivity contribution in [3.8, 4) is 22.2 Å². The summed E-state index contributed by atoms with van der Waals surface area (Å²) in [5.74, 6) is 2.08. The average Bonchev–Trinajstić information content (AvgIpc) is 3.38. The summed E-state index contributed by atoms with van der Waals surface area (Å²) in [4.78, 5) is 25.2. The van der Waals surface area contributed by atoms with Crippen molar-refractivity contribution in [3.63, 3.8) is 0 Å². The van der Waals surface area contributed by atoms with Gasteiger partial charge < -0.3 is 19.4 Å². The lowest BCUT2D eigenvalue weighted by atomic mass is 10.2. The van der Waals surface area contributed by atoms with Crippen LogP contribution in [0.1, 0.15) is 6.42 Å². The zero-order valence-electron chi connectivity index (χ0n) is 16.1. The second kappa shape index (κ2) is 9.18. The van der Waals surface area contributed by atoms with Crippen molar-refractivity contribution in [1.29, 1.82) is 0 Å². The molecule has 0 aliphatic carbocycles. The van der Waals surface area contributed by atoms with Crippen LogP contribution in [0, 0.1) is 0 Å².